The number of hydrogen-bond donors (Lipinski definition) is 0. The van der Waals surface area contributed by atoms with Gasteiger partial charge in [0.25, 0.3) is 0 Å². The van der Waals surface area contributed by atoms with Crippen molar-refractivity contribution in [3.05, 3.63) is 89.7 Å². The van der Waals surface area contributed by atoms with Gasteiger partial charge < -0.3 is 9.30 Å². The molecule has 3 nitrogen and oxygen atoms in total. The van der Waals surface area contributed by atoms with Crippen molar-refractivity contribution in [2.75, 3.05) is 13.7 Å². The molecule has 0 radical (unpaired) electrons. The predicted octanol–water partition coefficient (Wildman–Crippen LogP) is 4.49. The molecular formula is C22H24N2O. The van der Waals surface area contributed by atoms with E-state index in [-0.39, 0.29) is 0 Å². The third-order valence-electron chi connectivity index (χ3n) is 5.01. The minimum absolute atomic E-state index is 0.292. The Kier molecular flexibility index (Phi) is 4.57. The SMILES string of the molecule is COc1ccc(CN2CCCn3cccc3[C@@H]2c2ccccc2)cc1. The Bertz CT molecular complexity index is 808. The van der Waals surface area contributed by atoms with Gasteiger partial charge in [-0.25, -0.2) is 0 Å². The molecule has 0 bridgehead atoms. The molecule has 0 N–H and O–H groups in total. The molecule has 2 aromatic carbocycles. The highest BCUT2D eigenvalue weighted by Gasteiger charge is 2.27. The minimum atomic E-state index is 0.292. The molecule has 0 amide bonds. The third-order valence-corrected chi connectivity index (χ3v) is 5.01. The van der Waals surface area contributed by atoms with Gasteiger partial charge in [-0.2, -0.15) is 0 Å². The lowest BCUT2D eigenvalue weighted by Crippen LogP contribution is -2.29. The molecule has 0 unspecified atom stereocenters. The average molecular weight is 332 g/mol. The van der Waals surface area contributed by atoms with Gasteiger partial charge in [-0.3, -0.25) is 4.90 Å². The highest BCUT2D eigenvalue weighted by molar-refractivity contribution is 5.31. The standard InChI is InChI=1S/C22H24N2O/c1-25-20-12-10-18(11-13-20)17-24-16-6-15-23-14-5-9-21(23)22(24)19-7-3-2-4-8-19/h2-5,7-14,22H,6,15-17H2,1H3/t22-/m0/s1. The van der Waals surface area contributed by atoms with E-state index in [1.807, 2.05) is 12.1 Å². The van der Waals surface area contributed by atoms with Gasteiger partial charge in [0.05, 0.1) is 13.2 Å². The van der Waals surface area contributed by atoms with Crippen LogP contribution < -0.4 is 4.74 Å². The topological polar surface area (TPSA) is 17.4 Å². The zero-order valence-corrected chi connectivity index (χ0v) is 14.6. The van der Waals surface area contributed by atoms with Crippen molar-refractivity contribution in [2.24, 2.45) is 0 Å². The van der Waals surface area contributed by atoms with Gasteiger partial charge in [-0.1, -0.05) is 42.5 Å². The van der Waals surface area contributed by atoms with E-state index in [0.29, 0.717) is 6.04 Å². The molecule has 25 heavy (non-hydrogen) atoms. The van der Waals surface area contributed by atoms with Crippen LogP contribution in [0, 0.1) is 0 Å². The third kappa shape index (κ3) is 3.33. The number of benzene rings is 2. The Balaban J connectivity index is 1.68. The quantitative estimate of drug-likeness (QED) is 0.700. The molecule has 1 aliphatic rings. The van der Waals surface area contributed by atoms with Gasteiger partial charge >= 0.3 is 0 Å². The van der Waals surface area contributed by atoms with E-state index in [1.54, 1.807) is 7.11 Å². The average Bonchev–Trinajstić information content (AvgIpc) is 3.04. The Morgan fingerprint density at radius 1 is 0.920 bits per heavy atom. The Morgan fingerprint density at radius 3 is 2.48 bits per heavy atom. The molecule has 0 saturated heterocycles. The fraction of sp³-hybridized carbons (Fsp3) is 0.273. The van der Waals surface area contributed by atoms with Crippen molar-refractivity contribution >= 4 is 0 Å². The van der Waals surface area contributed by atoms with Crippen LogP contribution in [-0.4, -0.2) is 23.1 Å². The molecule has 2 heterocycles. The molecule has 3 aromatic rings. The van der Waals surface area contributed by atoms with Crippen LogP contribution in [0.25, 0.3) is 0 Å². The highest BCUT2D eigenvalue weighted by atomic mass is 16.5. The minimum Gasteiger partial charge on any atom is -0.497 e. The number of methoxy groups -OCH3 is 1. The normalized spacial score (nSPS) is 17.7. The van der Waals surface area contributed by atoms with Crippen molar-refractivity contribution in [1.29, 1.82) is 0 Å². The molecule has 0 saturated carbocycles. The highest BCUT2D eigenvalue weighted by Crippen LogP contribution is 2.33. The van der Waals surface area contributed by atoms with Crippen LogP contribution in [0.1, 0.15) is 29.3 Å². The number of rotatable bonds is 4. The van der Waals surface area contributed by atoms with E-state index in [2.05, 4.69) is 70.3 Å². The lowest BCUT2D eigenvalue weighted by atomic mass is 10.0. The van der Waals surface area contributed by atoms with Gasteiger partial charge in [0.1, 0.15) is 5.75 Å². The van der Waals surface area contributed by atoms with E-state index in [9.17, 15) is 0 Å². The fourth-order valence-electron chi connectivity index (χ4n) is 3.79. The summed E-state index contributed by atoms with van der Waals surface area (Å²) in [4.78, 5) is 2.59. The number of nitrogens with zero attached hydrogens (tertiary/aromatic N) is 2. The zero-order chi connectivity index (χ0) is 17.1. The van der Waals surface area contributed by atoms with E-state index >= 15 is 0 Å². The maximum atomic E-state index is 5.29. The smallest absolute Gasteiger partial charge is 0.118 e. The van der Waals surface area contributed by atoms with Gasteiger partial charge in [0, 0.05) is 31.5 Å². The molecular weight excluding hydrogens is 308 g/mol. The van der Waals surface area contributed by atoms with Gasteiger partial charge in [-0.05, 0) is 41.8 Å². The van der Waals surface area contributed by atoms with Crippen LogP contribution in [0.3, 0.4) is 0 Å². The molecule has 4 rings (SSSR count). The first kappa shape index (κ1) is 16.0. The number of ether oxygens (including phenoxy) is 1. The summed E-state index contributed by atoms with van der Waals surface area (Å²) in [6.07, 6.45) is 3.38. The fourth-order valence-corrected chi connectivity index (χ4v) is 3.79. The molecule has 3 heteroatoms. The number of aromatic nitrogens is 1. The van der Waals surface area contributed by atoms with Crippen molar-refractivity contribution in [2.45, 2.75) is 25.6 Å². The maximum Gasteiger partial charge on any atom is 0.118 e. The molecule has 0 fully saturated rings. The van der Waals surface area contributed by atoms with E-state index in [0.717, 1.165) is 25.4 Å². The predicted molar refractivity (Wildman–Crippen MR) is 101 cm³/mol. The molecule has 1 aliphatic heterocycles. The molecule has 0 aliphatic carbocycles. The first-order valence-corrected chi connectivity index (χ1v) is 8.92. The van der Waals surface area contributed by atoms with Crippen molar-refractivity contribution in [3.63, 3.8) is 0 Å². The summed E-state index contributed by atoms with van der Waals surface area (Å²) in [7, 11) is 1.71. The van der Waals surface area contributed by atoms with Crippen LogP contribution in [-0.2, 0) is 13.1 Å². The van der Waals surface area contributed by atoms with Crippen molar-refractivity contribution in [1.82, 2.24) is 9.47 Å². The zero-order valence-electron chi connectivity index (χ0n) is 14.6. The van der Waals surface area contributed by atoms with E-state index in [4.69, 9.17) is 4.74 Å². The van der Waals surface area contributed by atoms with E-state index < -0.39 is 0 Å². The first-order chi connectivity index (χ1) is 12.3. The first-order valence-electron chi connectivity index (χ1n) is 8.92. The summed E-state index contributed by atoms with van der Waals surface area (Å²) >= 11 is 0. The largest absolute Gasteiger partial charge is 0.497 e. The Labute approximate surface area is 149 Å². The monoisotopic (exact) mass is 332 g/mol. The Hall–Kier alpha value is -2.52. The molecule has 0 spiro atoms. The van der Waals surface area contributed by atoms with Gasteiger partial charge in [0.15, 0.2) is 0 Å². The second-order valence-corrected chi connectivity index (χ2v) is 6.61. The number of fused-ring (bicyclic) bond motifs is 1. The van der Waals surface area contributed by atoms with Gasteiger partial charge in [-0.15, -0.1) is 0 Å². The van der Waals surface area contributed by atoms with Crippen LogP contribution in [0.2, 0.25) is 0 Å². The molecule has 1 atom stereocenters. The summed E-state index contributed by atoms with van der Waals surface area (Å²) in [5, 5.41) is 0. The second-order valence-electron chi connectivity index (χ2n) is 6.61. The van der Waals surface area contributed by atoms with Crippen LogP contribution in [0.15, 0.2) is 72.9 Å². The van der Waals surface area contributed by atoms with Crippen LogP contribution in [0.4, 0.5) is 0 Å². The van der Waals surface area contributed by atoms with Crippen LogP contribution in [0.5, 0.6) is 5.75 Å². The number of hydrogen-bond acceptors (Lipinski definition) is 2. The summed E-state index contributed by atoms with van der Waals surface area (Å²) in [6, 6.07) is 24.0. The summed E-state index contributed by atoms with van der Waals surface area (Å²) in [5.74, 6) is 0.910. The lowest BCUT2D eigenvalue weighted by molar-refractivity contribution is 0.220. The van der Waals surface area contributed by atoms with Gasteiger partial charge in [0.2, 0.25) is 0 Å². The summed E-state index contributed by atoms with van der Waals surface area (Å²) in [5.41, 5.74) is 4.07. The molecule has 128 valence electrons. The lowest BCUT2D eigenvalue weighted by Gasteiger charge is -2.30. The second kappa shape index (κ2) is 7.16. The summed E-state index contributed by atoms with van der Waals surface area (Å²) in [6.45, 7) is 3.12. The Morgan fingerprint density at radius 2 is 1.72 bits per heavy atom. The van der Waals surface area contributed by atoms with Crippen molar-refractivity contribution in [3.8, 4) is 5.75 Å². The molecule has 1 aromatic heterocycles. The summed E-state index contributed by atoms with van der Waals surface area (Å²) < 4.78 is 7.70. The number of aryl methyl sites for hydroxylation is 1. The van der Waals surface area contributed by atoms with Crippen molar-refractivity contribution < 1.29 is 4.74 Å². The van der Waals surface area contributed by atoms with Crippen LogP contribution >= 0.6 is 0 Å². The van der Waals surface area contributed by atoms with E-state index in [1.165, 1.54) is 23.2 Å². The maximum absolute atomic E-state index is 5.29.